The largest absolute Gasteiger partial charge is 0.425 e. The zero-order valence-electron chi connectivity index (χ0n) is 12.3. The number of hydrogen-bond acceptors (Lipinski definition) is 6. The van der Waals surface area contributed by atoms with Crippen LogP contribution in [0.5, 0.6) is 5.75 Å². The molecule has 3 rings (SSSR count). The lowest BCUT2D eigenvalue weighted by atomic mass is 10.2. The van der Waals surface area contributed by atoms with Crippen LogP contribution in [0, 0.1) is 6.92 Å². The van der Waals surface area contributed by atoms with Gasteiger partial charge in [-0.25, -0.2) is 0 Å². The summed E-state index contributed by atoms with van der Waals surface area (Å²) in [6.07, 6.45) is 0.453. The molecule has 0 atom stereocenters. The monoisotopic (exact) mass is 348 g/mol. The lowest BCUT2D eigenvalue weighted by Crippen LogP contribution is -2.09. The standard InChI is InChI=1S/C16H13ClN2O3S/c1-10-2-3-12(17)13(8-10)21-15(20)5-4-14-18-19-16(22-14)11-6-7-23-9-11/h2-3,6-9H,4-5H2,1H3. The maximum atomic E-state index is 11.9. The van der Waals surface area contributed by atoms with Gasteiger partial charge in [-0.1, -0.05) is 17.7 Å². The highest BCUT2D eigenvalue weighted by Crippen LogP contribution is 2.26. The summed E-state index contributed by atoms with van der Waals surface area (Å²) in [4.78, 5) is 11.9. The normalized spacial score (nSPS) is 10.7. The molecule has 23 heavy (non-hydrogen) atoms. The second kappa shape index (κ2) is 6.93. The molecular formula is C16H13ClN2O3S. The maximum Gasteiger partial charge on any atom is 0.311 e. The van der Waals surface area contributed by atoms with Crippen molar-refractivity contribution in [3.8, 4) is 17.2 Å². The first-order chi connectivity index (χ1) is 11.1. The fraction of sp³-hybridized carbons (Fsp3) is 0.188. The molecular weight excluding hydrogens is 336 g/mol. The molecule has 0 N–H and O–H groups in total. The molecule has 0 unspecified atom stereocenters. The summed E-state index contributed by atoms with van der Waals surface area (Å²) in [5.74, 6) is 0.823. The van der Waals surface area contributed by atoms with Crippen molar-refractivity contribution < 1.29 is 13.9 Å². The van der Waals surface area contributed by atoms with E-state index >= 15 is 0 Å². The Morgan fingerprint density at radius 3 is 3.00 bits per heavy atom. The van der Waals surface area contributed by atoms with Crippen molar-refractivity contribution >= 4 is 28.9 Å². The molecule has 0 saturated carbocycles. The minimum absolute atomic E-state index is 0.134. The predicted molar refractivity (Wildman–Crippen MR) is 87.8 cm³/mol. The second-order valence-electron chi connectivity index (χ2n) is 4.92. The predicted octanol–water partition coefficient (Wildman–Crippen LogP) is 4.30. The second-order valence-corrected chi connectivity index (χ2v) is 6.11. The van der Waals surface area contributed by atoms with Crippen LogP contribution >= 0.6 is 22.9 Å². The maximum absolute atomic E-state index is 11.9. The lowest BCUT2D eigenvalue weighted by Gasteiger charge is -2.06. The van der Waals surface area contributed by atoms with Crippen molar-refractivity contribution in [3.63, 3.8) is 0 Å². The Bertz CT molecular complexity index is 815. The number of aromatic nitrogens is 2. The van der Waals surface area contributed by atoms with Gasteiger partial charge in [0.05, 0.1) is 11.4 Å². The molecule has 0 aliphatic heterocycles. The molecule has 2 aromatic heterocycles. The molecule has 0 bridgehead atoms. The first-order valence-corrected chi connectivity index (χ1v) is 8.25. The van der Waals surface area contributed by atoms with Gasteiger partial charge in [-0.3, -0.25) is 4.79 Å². The number of esters is 1. The first kappa shape index (κ1) is 15.7. The number of carbonyl (C=O) groups excluding carboxylic acids is 1. The summed E-state index contributed by atoms with van der Waals surface area (Å²) in [7, 11) is 0. The molecule has 1 aromatic carbocycles. The molecule has 0 aliphatic carbocycles. The van der Waals surface area contributed by atoms with Crippen LogP contribution in [0.4, 0.5) is 0 Å². The summed E-state index contributed by atoms with van der Waals surface area (Å²) in [5.41, 5.74) is 1.84. The molecule has 0 saturated heterocycles. The molecule has 0 spiro atoms. The van der Waals surface area contributed by atoms with E-state index in [1.165, 1.54) is 0 Å². The van der Waals surface area contributed by atoms with Gasteiger partial charge in [-0.05, 0) is 36.1 Å². The van der Waals surface area contributed by atoms with Crippen LogP contribution in [0.2, 0.25) is 5.02 Å². The average molecular weight is 349 g/mol. The SMILES string of the molecule is Cc1ccc(Cl)c(OC(=O)CCc2nnc(-c3ccsc3)o2)c1. The van der Waals surface area contributed by atoms with Gasteiger partial charge < -0.3 is 9.15 Å². The first-order valence-electron chi connectivity index (χ1n) is 6.93. The van der Waals surface area contributed by atoms with Gasteiger partial charge in [0.15, 0.2) is 0 Å². The van der Waals surface area contributed by atoms with Crippen LogP contribution < -0.4 is 4.74 Å². The molecule has 3 aromatic rings. The van der Waals surface area contributed by atoms with E-state index < -0.39 is 5.97 Å². The van der Waals surface area contributed by atoms with Gasteiger partial charge in [0.1, 0.15) is 5.75 Å². The van der Waals surface area contributed by atoms with E-state index in [1.54, 1.807) is 23.5 Å². The number of halogens is 1. The number of nitrogens with zero attached hydrogens (tertiary/aromatic N) is 2. The minimum Gasteiger partial charge on any atom is -0.425 e. The third-order valence-corrected chi connectivity index (χ3v) is 4.08. The van der Waals surface area contributed by atoms with Gasteiger partial charge in [0.2, 0.25) is 11.8 Å². The number of benzene rings is 1. The van der Waals surface area contributed by atoms with Gasteiger partial charge in [-0.15, -0.1) is 10.2 Å². The van der Waals surface area contributed by atoms with Crippen molar-refractivity contribution in [3.05, 3.63) is 51.5 Å². The quantitative estimate of drug-likeness (QED) is 0.508. The molecule has 5 nitrogen and oxygen atoms in total. The molecule has 0 fully saturated rings. The summed E-state index contributed by atoms with van der Waals surface area (Å²) in [5, 5.41) is 12.2. The van der Waals surface area contributed by atoms with Crippen LogP contribution in [0.15, 0.2) is 39.4 Å². The number of carbonyl (C=O) groups is 1. The van der Waals surface area contributed by atoms with E-state index in [9.17, 15) is 4.79 Å². The van der Waals surface area contributed by atoms with Gasteiger partial charge in [0, 0.05) is 17.4 Å². The minimum atomic E-state index is -0.396. The number of hydrogen-bond donors (Lipinski definition) is 0. The molecule has 118 valence electrons. The Balaban J connectivity index is 1.58. The van der Waals surface area contributed by atoms with Gasteiger partial charge >= 0.3 is 5.97 Å². The van der Waals surface area contributed by atoms with E-state index in [0.717, 1.165) is 11.1 Å². The Morgan fingerprint density at radius 2 is 2.22 bits per heavy atom. The summed E-state index contributed by atoms with van der Waals surface area (Å²) in [6.45, 7) is 1.90. The number of thiophene rings is 1. The molecule has 0 aliphatic rings. The summed E-state index contributed by atoms with van der Waals surface area (Å²) >= 11 is 7.55. The molecule has 7 heteroatoms. The molecule has 0 amide bonds. The van der Waals surface area contributed by atoms with E-state index in [4.69, 9.17) is 20.8 Å². The van der Waals surface area contributed by atoms with Crippen LogP contribution in [0.25, 0.3) is 11.5 Å². The van der Waals surface area contributed by atoms with E-state index in [2.05, 4.69) is 10.2 Å². The van der Waals surface area contributed by atoms with Gasteiger partial charge in [-0.2, -0.15) is 11.3 Å². The highest BCUT2D eigenvalue weighted by atomic mass is 35.5. The van der Waals surface area contributed by atoms with Gasteiger partial charge in [0.25, 0.3) is 0 Å². The van der Waals surface area contributed by atoms with Crippen LogP contribution in [-0.2, 0) is 11.2 Å². The Kier molecular flexibility index (Phi) is 4.73. The van der Waals surface area contributed by atoms with Crippen molar-refractivity contribution in [2.75, 3.05) is 0 Å². The highest BCUT2D eigenvalue weighted by molar-refractivity contribution is 7.08. The Labute approximate surface area is 141 Å². The van der Waals surface area contributed by atoms with E-state index in [-0.39, 0.29) is 6.42 Å². The van der Waals surface area contributed by atoms with Crippen LogP contribution in [0.3, 0.4) is 0 Å². The fourth-order valence-corrected chi connectivity index (χ4v) is 2.71. The Morgan fingerprint density at radius 1 is 1.35 bits per heavy atom. The number of rotatable bonds is 5. The van der Waals surface area contributed by atoms with Crippen molar-refractivity contribution in [2.45, 2.75) is 19.8 Å². The average Bonchev–Trinajstić information content (AvgIpc) is 3.19. The van der Waals surface area contributed by atoms with Crippen molar-refractivity contribution in [1.82, 2.24) is 10.2 Å². The summed E-state index contributed by atoms with van der Waals surface area (Å²) in [6, 6.07) is 7.17. The number of aryl methyl sites for hydroxylation is 2. The Hall–Kier alpha value is -2.18. The lowest BCUT2D eigenvalue weighted by molar-refractivity contribution is -0.134. The van der Waals surface area contributed by atoms with E-state index in [0.29, 0.717) is 29.0 Å². The third-order valence-electron chi connectivity index (χ3n) is 3.09. The van der Waals surface area contributed by atoms with Crippen LogP contribution in [0.1, 0.15) is 17.9 Å². The topological polar surface area (TPSA) is 65.2 Å². The van der Waals surface area contributed by atoms with Crippen LogP contribution in [-0.4, -0.2) is 16.2 Å². The van der Waals surface area contributed by atoms with Crippen molar-refractivity contribution in [2.24, 2.45) is 0 Å². The summed E-state index contributed by atoms with van der Waals surface area (Å²) < 4.78 is 10.8. The highest BCUT2D eigenvalue weighted by Gasteiger charge is 2.13. The number of ether oxygens (including phenoxy) is 1. The third kappa shape index (κ3) is 3.97. The van der Waals surface area contributed by atoms with Crippen molar-refractivity contribution in [1.29, 1.82) is 0 Å². The fourth-order valence-electron chi connectivity index (χ4n) is 1.93. The molecule has 0 radical (unpaired) electrons. The van der Waals surface area contributed by atoms with E-state index in [1.807, 2.05) is 29.8 Å². The smallest absolute Gasteiger partial charge is 0.311 e. The molecule has 2 heterocycles. The zero-order valence-corrected chi connectivity index (χ0v) is 13.9. The zero-order chi connectivity index (χ0) is 16.2.